The van der Waals surface area contributed by atoms with Crippen LogP contribution in [0.2, 0.25) is 5.02 Å². The van der Waals surface area contributed by atoms with Gasteiger partial charge in [-0.3, -0.25) is 9.59 Å². The van der Waals surface area contributed by atoms with Gasteiger partial charge in [0.2, 0.25) is 5.91 Å². The zero-order valence-electron chi connectivity index (χ0n) is 39.0. The maximum absolute atomic E-state index is 14.7. The lowest BCUT2D eigenvalue weighted by atomic mass is 9.78. The Morgan fingerprint density at radius 2 is 1.18 bits per heavy atom. The largest absolute Gasteiger partial charge is 0.449 e. The predicted molar refractivity (Wildman–Crippen MR) is 264 cm³/mol. The molecule has 2 atom stereocenters. The van der Waals surface area contributed by atoms with Crippen LogP contribution in [0.15, 0.2) is 127 Å². The minimum absolute atomic E-state index is 0.0896. The van der Waals surface area contributed by atoms with E-state index in [0.717, 1.165) is 46.2 Å². The Morgan fingerprint density at radius 3 is 1.77 bits per heavy atom. The summed E-state index contributed by atoms with van der Waals surface area (Å²) in [6.07, 6.45) is 14.2. The average molecular weight is 912 g/mol. The van der Waals surface area contributed by atoms with Crippen molar-refractivity contribution in [1.82, 2.24) is 10.6 Å². The number of rotatable bonds is 14. The molecule has 1 unspecified atom stereocenters. The maximum Gasteiger partial charge on any atom is 0.407 e. The fraction of sp³-hybridized carbons (Fsp3) is 0.421. The van der Waals surface area contributed by atoms with E-state index in [-0.39, 0.29) is 38.1 Å². The highest BCUT2D eigenvalue weighted by Gasteiger charge is 2.43. The van der Waals surface area contributed by atoms with Gasteiger partial charge in [-0.15, -0.1) is 0 Å². The third-order valence-electron chi connectivity index (χ3n) is 13.0. The van der Waals surface area contributed by atoms with E-state index in [0.29, 0.717) is 16.5 Å². The van der Waals surface area contributed by atoms with Gasteiger partial charge in [0, 0.05) is 33.2 Å². The van der Waals surface area contributed by atoms with Crippen LogP contribution in [-0.2, 0) is 29.4 Å². The Balaban J connectivity index is 1.15. The molecule has 9 heteroatoms. The predicted octanol–water partition coefficient (Wildman–Crippen LogP) is 13.2. The van der Waals surface area contributed by atoms with Gasteiger partial charge in [-0.25, -0.2) is 4.79 Å². The lowest BCUT2D eigenvalue weighted by molar-refractivity contribution is -0.154. The Hall–Kier alpha value is -5.44. The van der Waals surface area contributed by atoms with E-state index < -0.39 is 29.2 Å². The molecule has 1 fully saturated rings. The minimum atomic E-state index is -1.46. The van der Waals surface area contributed by atoms with Crippen molar-refractivity contribution in [3.63, 3.8) is 0 Å². The Morgan fingerprint density at radius 1 is 0.652 bits per heavy atom. The number of nitrogens with one attached hydrogen (secondary N) is 2. The number of fused-ring (bicyclic) bond motifs is 3. The summed E-state index contributed by atoms with van der Waals surface area (Å²) in [5.74, 6) is -0.631. The van der Waals surface area contributed by atoms with Crippen molar-refractivity contribution >= 4 is 29.6 Å². The minimum Gasteiger partial charge on any atom is -0.449 e. The molecular formula is C57H67ClN2O6. The summed E-state index contributed by atoms with van der Waals surface area (Å²) in [4.78, 5) is 41.3. The van der Waals surface area contributed by atoms with Crippen LogP contribution in [0.1, 0.15) is 149 Å². The Bertz CT molecular complexity index is 2300. The highest BCUT2D eigenvalue weighted by atomic mass is 35.5. The summed E-state index contributed by atoms with van der Waals surface area (Å²) in [6.45, 7) is 5.33. The fourth-order valence-corrected chi connectivity index (χ4v) is 10.1. The molecule has 66 heavy (non-hydrogen) atoms. The lowest BCUT2D eigenvalue weighted by Gasteiger charge is -2.36. The Kier molecular flexibility index (Phi) is 17.1. The molecule has 0 aromatic heterocycles. The summed E-state index contributed by atoms with van der Waals surface area (Å²) >= 11 is 7.09. The average Bonchev–Trinajstić information content (AvgIpc) is 3.64. The standard InChI is InChI=1S/C57H67ClN2O6/c1-56(2,3)60-53(61)40-64-38-45(59-55(63)65-39-50-48-29-19-17-27-46(48)47-28-18-20-30-49(47)50)37-54(62)66-57(43-25-15-12-16-26-43,51-31-21-22-32-52(51)58)44-35-33-42(34-36-44)41-23-13-10-8-6-4-5-7-9-11-14-24-41/h12,15-22,25-36,41,45,50H,4-11,13-14,23-24,37-40H2,1-3H3,(H,59,63)(H,60,61)/t45-,57?/m0/s1. The molecule has 2 N–H and O–H groups in total. The van der Waals surface area contributed by atoms with Crippen molar-refractivity contribution in [2.45, 2.75) is 133 Å². The van der Waals surface area contributed by atoms with Gasteiger partial charge in [0.15, 0.2) is 5.60 Å². The number of hydrogen-bond acceptors (Lipinski definition) is 6. The molecule has 0 heterocycles. The monoisotopic (exact) mass is 910 g/mol. The number of carbonyl (C=O) groups is 3. The van der Waals surface area contributed by atoms with Crippen molar-refractivity contribution in [1.29, 1.82) is 0 Å². The molecule has 0 saturated heterocycles. The van der Waals surface area contributed by atoms with E-state index in [9.17, 15) is 14.4 Å². The smallest absolute Gasteiger partial charge is 0.407 e. The quantitative estimate of drug-likeness (QED) is 0.0850. The SMILES string of the molecule is CC(C)(C)NC(=O)COC[C@H](CC(=O)OC(c1ccccc1)(c1ccc(C2CCCCCCCCCCCC2)cc1)c1ccccc1Cl)NC(=O)OCC1c2ccccc2-c2ccccc21. The zero-order chi connectivity index (χ0) is 46.4. The molecule has 2 aliphatic carbocycles. The lowest BCUT2D eigenvalue weighted by Crippen LogP contribution is -2.45. The zero-order valence-corrected chi connectivity index (χ0v) is 39.8. The molecule has 8 nitrogen and oxygen atoms in total. The van der Waals surface area contributed by atoms with Crippen molar-refractivity contribution in [2.75, 3.05) is 19.8 Å². The first kappa shape index (κ1) is 48.5. The van der Waals surface area contributed by atoms with Gasteiger partial charge in [-0.05, 0) is 73.4 Å². The Labute approximate surface area is 397 Å². The first-order chi connectivity index (χ1) is 32.0. The van der Waals surface area contributed by atoms with Gasteiger partial charge in [0.05, 0.1) is 19.1 Å². The normalized spacial score (nSPS) is 16.5. The molecule has 0 aliphatic heterocycles. The van der Waals surface area contributed by atoms with Crippen LogP contribution in [0.5, 0.6) is 0 Å². The third kappa shape index (κ3) is 12.7. The molecule has 2 aliphatic rings. The van der Waals surface area contributed by atoms with Crippen molar-refractivity contribution in [3.05, 3.63) is 166 Å². The first-order valence-electron chi connectivity index (χ1n) is 24.1. The van der Waals surface area contributed by atoms with Crippen LogP contribution >= 0.6 is 11.6 Å². The number of benzene rings is 5. The highest BCUT2D eigenvalue weighted by molar-refractivity contribution is 6.31. The summed E-state index contributed by atoms with van der Waals surface area (Å²) in [5.41, 5.74) is 5.85. The van der Waals surface area contributed by atoms with E-state index in [4.69, 9.17) is 25.8 Å². The molecule has 5 aromatic rings. The number of amides is 2. The van der Waals surface area contributed by atoms with Crippen LogP contribution in [0.3, 0.4) is 0 Å². The van der Waals surface area contributed by atoms with Crippen molar-refractivity contribution < 1.29 is 28.6 Å². The summed E-state index contributed by atoms with van der Waals surface area (Å²) in [5, 5.41) is 6.22. The molecule has 2 amide bonds. The molecule has 5 aromatic carbocycles. The number of ether oxygens (including phenoxy) is 3. The number of esters is 1. The van der Waals surface area contributed by atoms with E-state index in [1.165, 1.54) is 69.8 Å². The second-order valence-corrected chi connectivity index (χ2v) is 19.5. The van der Waals surface area contributed by atoms with E-state index >= 15 is 0 Å². The first-order valence-corrected chi connectivity index (χ1v) is 24.5. The van der Waals surface area contributed by atoms with Gasteiger partial charge in [0.1, 0.15) is 13.2 Å². The van der Waals surface area contributed by atoms with Gasteiger partial charge in [0.25, 0.3) is 0 Å². The topological polar surface area (TPSA) is 103 Å². The van der Waals surface area contributed by atoms with Crippen LogP contribution in [0.25, 0.3) is 11.1 Å². The molecular weight excluding hydrogens is 844 g/mol. The molecule has 0 spiro atoms. The number of carbonyl (C=O) groups excluding carboxylic acids is 3. The van der Waals surface area contributed by atoms with Crippen molar-refractivity contribution in [2.24, 2.45) is 0 Å². The van der Waals surface area contributed by atoms with E-state index in [1.54, 1.807) is 0 Å². The molecule has 1 saturated carbocycles. The number of halogens is 1. The summed E-state index contributed by atoms with van der Waals surface area (Å²) in [7, 11) is 0. The van der Waals surface area contributed by atoms with Gasteiger partial charge in [-0.1, -0.05) is 197 Å². The van der Waals surface area contributed by atoms with Crippen LogP contribution in [-0.4, -0.2) is 49.4 Å². The van der Waals surface area contributed by atoms with Crippen LogP contribution < -0.4 is 10.6 Å². The van der Waals surface area contributed by atoms with Crippen LogP contribution in [0.4, 0.5) is 4.79 Å². The molecule has 348 valence electrons. The molecule has 7 rings (SSSR count). The maximum atomic E-state index is 14.7. The van der Waals surface area contributed by atoms with Crippen molar-refractivity contribution in [3.8, 4) is 11.1 Å². The molecule has 0 bridgehead atoms. The second-order valence-electron chi connectivity index (χ2n) is 19.1. The van der Waals surface area contributed by atoms with Gasteiger partial charge in [-0.2, -0.15) is 0 Å². The van der Waals surface area contributed by atoms with Crippen LogP contribution in [0, 0.1) is 0 Å². The fourth-order valence-electron chi connectivity index (χ4n) is 9.85. The second kappa shape index (κ2) is 23.3. The summed E-state index contributed by atoms with van der Waals surface area (Å²) in [6, 6.07) is 41.1. The van der Waals surface area contributed by atoms with Gasteiger partial charge < -0.3 is 24.8 Å². The molecule has 0 radical (unpaired) electrons. The highest BCUT2D eigenvalue weighted by Crippen LogP contribution is 2.46. The third-order valence-corrected chi connectivity index (χ3v) is 13.3. The van der Waals surface area contributed by atoms with E-state index in [1.807, 2.05) is 99.6 Å². The summed E-state index contributed by atoms with van der Waals surface area (Å²) < 4.78 is 18.7. The van der Waals surface area contributed by atoms with E-state index in [2.05, 4.69) is 59.2 Å². The van der Waals surface area contributed by atoms with Gasteiger partial charge >= 0.3 is 12.1 Å². The number of hydrogen-bond donors (Lipinski definition) is 2. The number of alkyl carbamates (subject to hydrolysis) is 1.